The van der Waals surface area contributed by atoms with Gasteiger partial charge in [-0.2, -0.15) is 0 Å². The number of nitrogens with zero attached hydrogens (tertiary/aromatic N) is 1. The Morgan fingerprint density at radius 1 is 1.21 bits per heavy atom. The number of rotatable bonds is 5. The monoisotopic (exact) mass is 450 g/mol. The second kappa shape index (κ2) is 7.91. The van der Waals surface area contributed by atoms with Crippen LogP contribution in [0, 0.1) is 11.7 Å². The smallest absolute Gasteiger partial charge is 0.338 e. The van der Waals surface area contributed by atoms with Crippen molar-refractivity contribution in [3.63, 3.8) is 0 Å². The minimum Gasteiger partial charge on any atom is -0.465 e. The topological polar surface area (TPSA) is 101 Å². The first-order valence-corrected chi connectivity index (χ1v) is 10.8. The molecule has 1 unspecified atom stereocenters. The van der Waals surface area contributed by atoms with Crippen molar-refractivity contribution >= 4 is 45.7 Å². The van der Waals surface area contributed by atoms with Crippen LogP contribution in [0.15, 0.2) is 36.4 Å². The predicted molar refractivity (Wildman–Crippen MR) is 122 cm³/mol. The third-order valence-electron chi connectivity index (χ3n) is 6.50. The number of amides is 2. The summed E-state index contributed by atoms with van der Waals surface area (Å²) in [5.41, 5.74) is 1.86. The van der Waals surface area contributed by atoms with Crippen LogP contribution in [-0.4, -0.2) is 36.5 Å². The number of methoxy groups -OCH3 is 1. The summed E-state index contributed by atoms with van der Waals surface area (Å²) in [5, 5.41) is 9.25. The Morgan fingerprint density at radius 3 is 2.67 bits per heavy atom. The standard InChI is InChI=1S/C24H23FN4O4/c1-26-19-15(25)9-14(24(32)33-2)10-17(19)28-22(30)18-11-13-7-4-8-16-20(13)29(18)21(23(31)27-16)12-5-3-6-12/h4,7-12,21,26H,3,5-6H2,1-2H3,(H,27,31)(H,28,30). The molecular formula is C24H23FN4O4. The highest BCUT2D eigenvalue weighted by Crippen LogP contribution is 2.44. The highest BCUT2D eigenvalue weighted by molar-refractivity contribution is 6.13. The fourth-order valence-corrected chi connectivity index (χ4v) is 4.73. The molecule has 0 spiro atoms. The molecule has 0 saturated heterocycles. The Morgan fingerprint density at radius 2 is 2.00 bits per heavy atom. The van der Waals surface area contributed by atoms with E-state index in [1.54, 1.807) is 6.07 Å². The maximum absolute atomic E-state index is 14.6. The molecule has 1 aliphatic carbocycles. The zero-order valence-corrected chi connectivity index (χ0v) is 18.2. The first-order chi connectivity index (χ1) is 15.9. The SMILES string of the molecule is CNc1c(F)cc(C(=O)OC)cc1NC(=O)c1cc2cccc3c2n1C(C1CCC1)C(=O)N3. The molecule has 33 heavy (non-hydrogen) atoms. The second-order valence-electron chi connectivity index (χ2n) is 8.34. The van der Waals surface area contributed by atoms with Crippen molar-refractivity contribution in [2.45, 2.75) is 25.3 Å². The van der Waals surface area contributed by atoms with Crippen LogP contribution in [0.2, 0.25) is 0 Å². The van der Waals surface area contributed by atoms with Gasteiger partial charge in [-0.3, -0.25) is 9.59 Å². The minimum atomic E-state index is -0.720. The van der Waals surface area contributed by atoms with Crippen molar-refractivity contribution < 1.29 is 23.5 Å². The molecule has 1 fully saturated rings. The van der Waals surface area contributed by atoms with Crippen molar-refractivity contribution in [2.75, 3.05) is 30.1 Å². The first-order valence-electron chi connectivity index (χ1n) is 10.8. The number of benzene rings is 2. The van der Waals surface area contributed by atoms with Crippen molar-refractivity contribution in [1.82, 2.24) is 4.57 Å². The van der Waals surface area contributed by atoms with Crippen LogP contribution in [-0.2, 0) is 9.53 Å². The summed E-state index contributed by atoms with van der Waals surface area (Å²) in [5.74, 6) is -1.92. The molecule has 2 aromatic carbocycles. The summed E-state index contributed by atoms with van der Waals surface area (Å²) in [6.45, 7) is 0. The van der Waals surface area contributed by atoms with Crippen LogP contribution in [0.3, 0.4) is 0 Å². The summed E-state index contributed by atoms with van der Waals surface area (Å²) < 4.78 is 21.1. The van der Waals surface area contributed by atoms with Gasteiger partial charge in [0.25, 0.3) is 5.91 Å². The number of ether oxygens (including phenoxy) is 1. The number of aromatic nitrogens is 1. The van der Waals surface area contributed by atoms with Crippen molar-refractivity contribution in [3.05, 3.63) is 53.5 Å². The number of nitrogens with one attached hydrogen (secondary N) is 3. The third-order valence-corrected chi connectivity index (χ3v) is 6.50. The molecule has 0 radical (unpaired) electrons. The van der Waals surface area contributed by atoms with E-state index in [0.717, 1.165) is 36.2 Å². The first kappa shape index (κ1) is 21.0. The Hall–Kier alpha value is -3.88. The number of carbonyl (C=O) groups excluding carboxylic acids is 3. The summed E-state index contributed by atoms with van der Waals surface area (Å²) >= 11 is 0. The van der Waals surface area contributed by atoms with Gasteiger partial charge in [0.15, 0.2) is 0 Å². The molecule has 8 nitrogen and oxygen atoms in total. The average molecular weight is 450 g/mol. The molecule has 1 saturated carbocycles. The van der Waals surface area contributed by atoms with Gasteiger partial charge in [-0.15, -0.1) is 0 Å². The van der Waals surface area contributed by atoms with Crippen molar-refractivity contribution in [2.24, 2.45) is 5.92 Å². The lowest BCUT2D eigenvalue weighted by Crippen LogP contribution is -2.39. The number of carbonyl (C=O) groups is 3. The molecule has 5 rings (SSSR count). The number of hydrogen-bond acceptors (Lipinski definition) is 5. The Bertz CT molecular complexity index is 1310. The Balaban J connectivity index is 1.61. The number of anilines is 3. The molecule has 1 aromatic heterocycles. The van der Waals surface area contributed by atoms with E-state index in [-0.39, 0.29) is 28.8 Å². The van der Waals surface area contributed by atoms with Crippen LogP contribution >= 0.6 is 0 Å². The van der Waals surface area contributed by atoms with Gasteiger partial charge in [0.05, 0.1) is 35.3 Å². The van der Waals surface area contributed by atoms with Gasteiger partial charge in [-0.25, -0.2) is 9.18 Å². The van der Waals surface area contributed by atoms with Crippen molar-refractivity contribution in [1.29, 1.82) is 0 Å². The molecule has 170 valence electrons. The lowest BCUT2D eigenvalue weighted by molar-refractivity contribution is -0.121. The lowest BCUT2D eigenvalue weighted by Gasteiger charge is -2.37. The normalized spacial score (nSPS) is 17.3. The zero-order chi connectivity index (χ0) is 23.3. The molecule has 1 atom stereocenters. The zero-order valence-electron chi connectivity index (χ0n) is 18.2. The largest absolute Gasteiger partial charge is 0.465 e. The molecular weight excluding hydrogens is 427 g/mol. The van der Waals surface area contributed by atoms with E-state index >= 15 is 0 Å². The van der Waals surface area contributed by atoms with Crippen LogP contribution in [0.5, 0.6) is 0 Å². The number of para-hydroxylation sites is 1. The lowest BCUT2D eigenvalue weighted by atomic mass is 9.78. The second-order valence-corrected chi connectivity index (χ2v) is 8.34. The summed E-state index contributed by atoms with van der Waals surface area (Å²) in [7, 11) is 2.72. The molecule has 2 aliphatic rings. The maximum atomic E-state index is 14.6. The van der Waals surface area contributed by atoms with E-state index in [2.05, 4.69) is 16.0 Å². The number of hydrogen-bond donors (Lipinski definition) is 3. The van der Waals surface area contributed by atoms with E-state index in [9.17, 15) is 18.8 Å². The highest BCUT2D eigenvalue weighted by atomic mass is 19.1. The molecule has 3 N–H and O–H groups in total. The number of esters is 1. The van der Waals surface area contributed by atoms with Crippen LogP contribution in [0.1, 0.15) is 46.2 Å². The van der Waals surface area contributed by atoms with Gasteiger partial charge >= 0.3 is 5.97 Å². The molecule has 2 heterocycles. The number of halogens is 1. The van der Waals surface area contributed by atoms with Gasteiger partial charge in [-0.1, -0.05) is 18.6 Å². The van der Waals surface area contributed by atoms with Gasteiger partial charge in [-0.05, 0) is 43.0 Å². The molecule has 3 aromatic rings. The van der Waals surface area contributed by atoms with E-state index < -0.39 is 23.7 Å². The Labute approximate surface area is 189 Å². The van der Waals surface area contributed by atoms with Crippen LogP contribution in [0.4, 0.5) is 21.5 Å². The third kappa shape index (κ3) is 3.31. The average Bonchev–Trinajstić information content (AvgIpc) is 3.15. The summed E-state index contributed by atoms with van der Waals surface area (Å²) in [6.07, 6.45) is 2.88. The van der Waals surface area contributed by atoms with Gasteiger partial charge < -0.3 is 25.3 Å². The van der Waals surface area contributed by atoms with Crippen LogP contribution < -0.4 is 16.0 Å². The summed E-state index contributed by atoms with van der Waals surface area (Å²) in [4.78, 5) is 38.4. The molecule has 2 amide bonds. The van der Waals surface area contributed by atoms with E-state index in [4.69, 9.17) is 4.74 Å². The highest BCUT2D eigenvalue weighted by Gasteiger charge is 2.40. The minimum absolute atomic E-state index is 0.0278. The van der Waals surface area contributed by atoms with Crippen LogP contribution in [0.25, 0.3) is 10.9 Å². The predicted octanol–water partition coefficient (Wildman–Crippen LogP) is 4.15. The fourth-order valence-electron chi connectivity index (χ4n) is 4.73. The van der Waals surface area contributed by atoms with E-state index in [1.165, 1.54) is 20.2 Å². The van der Waals surface area contributed by atoms with E-state index in [0.29, 0.717) is 11.4 Å². The summed E-state index contributed by atoms with van der Waals surface area (Å²) in [6, 6.07) is 9.17. The van der Waals surface area contributed by atoms with Gasteiger partial charge in [0.1, 0.15) is 17.6 Å². The quantitative estimate of drug-likeness (QED) is 0.507. The van der Waals surface area contributed by atoms with Crippen molar-refractivity contribution in [3.8, 4) is 0 Å². The van der Waals surface area contributed by atoms with Gasteiger partial charge in [0.2, 0.25) is 5.91 Å². The maximum Gasteiger partial charge on any atom is 0.338 e. The van der Waals surface area contributed by atoms with Gasteiger partial charge in [0, 0.05) is 12.4 Å². The van der Waals surface area contributed by atoms with E-state index in [1.807, 2.05) is 22.8 Å². The Kier molecular flexibility index (Phi) is 5.03. The molecule has 0 bridgehead atoms. The fraction of sp³-hybridized carbons (Fsp3) is 0.292. The molecule has 1 aliphatic heterocycles. The molecule has 9 heteroatoms.